The van der Waals surface area contributed by atoms with Gasteiger partial charge in [-0.05, 0) is 0 Å². The van der Waals surface area contributed by atoms with E-state index in [-0.39, 0.29) is 24.5 Å². The van der Waals surface area contributed by atoms with Crippen molar-refractivity contribution in [1.82, 2.24) is 9.88 Å². The number of nitro groups is 1. The van der Waals surface area contributed by atoms with E-state index in [1.807, 2.05) is 0 Å². The van der Waals surface area contributed by atoms with Gasteiger partial charge in [-0.25, -0.2) is 4.98 Å². The summed E-state index contributed by atoms with van der Waals surface area (Å²) >= 11 is 1.15. The van der Waals surface area contributed by atoms with Crippen molar-refractivity contribution in [1.29, 1.82) is 0 Å². The van der Waals surface area contributed by atoms with Crippen molar-refractivity contribution in [2.45, 2.75) is 0 Å². The second-order valence-corrected chi connectivity index (χ2v) is 5.82. The molecular formula is C15H15N3O6S. The van der Waals surface area contributed by atoms with Gasteiger partial charge in [0.1, 0.15) is 17.2 Å². The molecule has 132 valence electrons. The SMILES string of the molecule is COCCN(CC(=O)O)C(=O)c1csc(-c2cccc([N+](=O)[O-])c2)n1. The number of aromatic nitrogens is 1. The van der Waals surface area contributed by atoms with E-state index in [0.29, 0.717) is 10.6 Å². The van der Waals surface area contributed by atoms with Gasteiger partial charge in [0.2, 0.25) is 0 Å². The first kappa shape index (κ1) is 18.5. The average molecular weight is 365 g/mol. The summed E-state index contributed by atoms with van der Waals surface area (Å²) in [4.78, 5) is 39.0. The molecule has 0 unspecified atom stereocenters. The molecule has 0 spiro atoms. The number of carboxylic acids is 1. The van der Waals surface area contributed by atoms with Gasteiger partial charge in [-0.2, -0.15) is 0 Å². The largest absolute Gasteiger partial charge is 0.480 e. The Bertz CT molecular complexity index is 791. The number of benzene rings is 1. The summed E-state index contributed by atoms with van der Waals surface area (Å²) < 4.78 is 4.88. The van der Waals surface area contributed by atoms with Gasteiger partial charge in [0.05, 0.1) is 11.5 Å². The van der Waals surface area contributed by atoms with Crippen LogP contribution in [-0.2, 0) is 9.53 Å². The lowest BCUT2D eigenvalue weighted by molar-refractivity contribution is -0.384. The molecule has 0 radical (unpaired) electrons. The molecule has 0 fully saturated rings. The molecule has 9 nitrogen and oxygen atoms in total. The topological polar surface area (TPSA) is 123 Å². The van der Waals surface area contributed by atoms with Crippen LogP contribution < -0.4 is 0 Å². The number of thiazole rings is 1. The maximum absolute atomic E-state index is 12.4. The number of hydrogen-bond donors (Lipinski definition) is 1. The third-order valence-electron chi connectivity index (χ3n) is 3.21. The molecule has 1 aromatic heterocycles. The second kappa shape index (κ2) is 8.31. The Balaban J connectivity index is 2.23. The van der Waals surface area contributed by atoms with Crippen LogP contribution in [-0.4, -0.2) is 58.6 Å². The fraction of sp³-hybridized carbons (Fsp3) is 0.267. The van der Waals surface area contributed by atoms with E-state index in [1.54, 1.807) is 6.07 Å². The molecule has 10 heteroatoms. The Labute approximate surface area is 146 Å². The van der Waals surface area contributed by atoms with Crippen LogP contribution in [0.3, 0.4) is 0 Å². The first-order chi connectivity index (χ1) is 11.9. The number of non-ortho nitro benzene ring substituents is 1. The summed E-state index contributed by atoms with van der Waals surface area (Å²) in [7, 11) is 1.45. The minimum atomic E-state index is -1.14. The third-order valence-corrected chi connectivity index (χ3v) is 4.10. The Morgan fingerprint density at radius 3 is 2.84 bits per heavy atom. The number of rotatable bonds is 8. The van der Waals surface area contributed by atoms with Crippen LogP contribution in [0.2, 0.25) is 0 Å². The number of hydrogen-bond acceptors (Lipinski definition) is 7. The molecule has 0 aliphatic heterocycles. The Kier molecular flexibility index (Phi) is 6.14. The van der Waals surface area contributed by atoms with Crippen LogP contribution in [0, 0.1) is 10.1 Å². The molecule has 0 aliphatic rings. The van der Waals surface area contributed by atoms with Gasteiger partial charge in [0.15, 0.2) is 0 Å². The molecule has 0 aliphatic carbocycles. The van der Waals surface area contributed by atoms with Crippen molar-refractivity contribution in [2.24, 2.45) is 0 Å². The molecule has 1 amide bonds. The fourth-order valence-electron chi connectivity index (χ4n) is 2.04. The number of nitro benzene ring substituents is 1. The standard InChI is InChI=1S/C15H15N3O6S/c1-24-6-5-17(8-13(19)20)15(21)12-9-25-14(16-12)10-3-2-4-11(7-10)18(22)23/h2-4,7,9H,5-6,8H2,1H3,(H,19,20). The summed E-state index contributed by atoms with van der Waals surface area (Å²) in [5, 5.41) is 21.7. The number of carbonyl (C=O) groups excluding carboxylic acids is 1. The molecule has 0 bridgehead atoms. The van der Waals surface area contributed by atoms with Gasteiger partial charge in [-0.15, -0.1) is 11.3 Å². The highest BCUT2D eigenvalue weighted by molar-refractivity contribution is 7.13. The number of aliphatic carboxylic acids is 1. The quantitative estimate of drug-likeness (QED) is 0.560. The van der Waals surface area contributed by atoms with Crippen molar-refractivity contribution in [2.75, 3.05) is 26.8 Å². The third kappa shape index (κ3) is 4.81. The normalized spacial score (nSPS) is 10.4. The zero-order chi connectivity index (χ0) is 18.4. The minimum absolute atomic E-state index is 0.0758. The van der Waals surface area contributed by atoms with Crippen LogP contribution in [0.15, 0.2) is 29.6 Å². The number of amides is 1. The lowest BCUT2D eigenvalue weighted by atomic mass is 10.2. The smallest absolute Gasteiger partial charge is 0.323 e. The molecule has 1 heterocycles. The molecule has 0 saturated carbocycles. The predicted molar refractivity (Wildman–Crippen MR) is 89.6 cm³/mol. The van der Waals surface area contributed by atoms with Crippen LogP contribution in [0.25, 0.3) is 10.6 Å². The first-order valence-electron chi connectivity index (χ1n) is 7.12. The van der Waals surface area contributed by atoms with E-state index in [2.05, 4.69) is 4.98 Å². The van der Waals surface area contributed by atoms with Gasteiger partial charge in [0.25, 0.3) is 11.6 Å². The van der Waals surface area contributed by atoms with Gasteiger partial charge in [-0.1, -0.05) is 12.1 Å². The van der Waals surface area contributed by atoms with E-state index in [1.165, 1.54) is 30.7 Å². The van der Waals surface area contributed by atoms with E-state index >= 15 is 0 Å². The summed E-state index contributed by atoms with van der Waals surface area (Å²) in [6.45, 7) is -0.155. The number of methoxy groups -OCH3 is 1. The van der Waals surface area contributed by atoms with Crippen molar-refractivity contribution >= 4 is 28.9 Å². The van der Waals surface area contributed by atoms with Crippen molar-refractivity contribution in [3.05, 3.63) is 45.5 Å². The monoisotopic (exact) mass is 365 g/mol. The number of ether oxygens (including phenoxy) is 1. The van der Waals surface area contributed by atoms with E-state index in [9.17, 15) is 19.7 Å². The molecule has 2 aromatic rings. The molecular weight excluding hydrogens is 350 g/mol. The highest BCUT2D eigenvalue weighted by atomic mass is 32.1. The lowest BCUT2D eigenvalue weighted by Gasteiger charge is -2.18. The van der Waals surface area contributed by atoms with E-state index in [0.717, 1.165) is 16.2 Å². The van der Waals surface area contributed by atoms with Crippen LogP contribution in [0.1, 0.15) is 10.5 Å². The number of carbonyl (C=O) groups is 2. The summed E-state index contributed by atoms with van der Waals surface area (Å²) in [6.07, 6.45) is 0. The van der Waals surface area contributed by atoms with E-state index < -0.39 is 23.3 Å². The van der Waals surface area contributed by atoms with Crippen molar-refractivity contribution in [3.8, 4) is 10.6 Å². The van der Waals surface area contributed by atoms with Crippen LogP contribution in [0.4, 0.5) is 5.69 Å². The van der Waals surface area contributed by atoms with Crippen LogP contribution in [0.5, 0.6) is 0 Å². The summed E-state index contributed by atoms with van der Waals surface area (Å²) in [5.41, 5.74) is 0.525. The highest BCUT2D eigenvalue weighted by Crippen LogP contribution is 2.27. The molecule has 1 N–H and O–H groups in total. The van der Waals surface area contributed by atoms with Gasteiger partial charge < -0.3 is 14.7 Å². The zero-order valence-electron chi connectivity index (χ0n) is 13.2. The zero-order valence-corrected chi connectivity index (χ0v) is 14.1. The van der Waals surface area contributed by atoms with Gasteiger partial charge >= 0.3 is 5.97 Å². The maximum atomic E-state index is 12.4. The maximum Gasteiger partial charge on any atom is 0.323 e. The number of carboxylic acid groups (broad SMARTS) is 1. The average Bonchev–Trinajstić information content (AvgIpc) is 3.07. The molecule has 2 rings (SSSR count). The molecule has 1 aromatic carbocycles. The predicted octanol–water partition coefficient (Wildman–Crippen LogP) is 1.89. The Morgan fingerprint density at radius 2 is 2.20 bits per heavy atom. The molecule has 25 heavy (non-hydrogen) atoms. The Morgan fingerprint density at radius 1 is 1.44 bits per heavy atom. The molecule has 0 saturated heterocycles. The van der Waals surface area contributed by atoms with Gasteiger partial charge in [-0.3, -0.25) is 19.7 Å². The minimum Gasteiger partial charge on any atom is -0.480 e. The van der Waals surface area contributed by atoms with Crippen molar-refractivity contribution < 1.29 is 24.4 Å². The van der Waals surface area contributed by atoms with Gasteiger partial charge in [0, 0.05) is 36.7 Å². The second-order valence-electron chi connectivity index (χ2n) is 4.96. The summed E-state index contributed by atoms with van der Waals surface area (Å²) in [6, 6.07) is 5.92. The van der Waals surface area contributed by atoms with Crippen molar-refractivity contribution in [3.63, 3.8) is 0 Å². The Hall–Kier alpha value is -2.85. The first-order valence-corrected chi connectivity index (χ1v) is 8.00. The molecule has 0 atom stereocenters. The number of nitrogens with zero attached hydrogens (tertiary/aromatic N) is 3. The summed E-state index contributed by atoms with van der Waals surface area (Å²) in [5.74, 6) is -1.68. The fourth-order valence-corrected chi connectivity index (χ4v) is 2.83. The van der Waals surface area contributed by atoms with Crippen LogP contribution >= 0.6 is 11.3 Å². The lowest BCUT2D eigenvalue weighted by Crippen LogP contribution is -2.38. The van der Waals surface area contributed by atoms with E-state index in [4.69, 9.17) is 9.84 Å². The highest BCUT2D eigenvalue weighted by Gasteiger charge is 2.21.